The second kappa shape index (κ2) is 8.23. The molecule has 0 atom stereocenters. The molecule has 0 saturated carbocycles. The smallest absolute Gasteiger partial charge is 0.262 e. The highest BCUT2D eigenvalue weighted by molar-refractivity contribution is 5.92. The van der Waals surface area contributed by atoms with Gasteiger partial charge < -0.3 is 19.9 Å². The lowest BCUT2D eigenvalue weighted by molar-refractivity contribution is -0.118. The van der Waals surface area contributed by atoms with Crippen LogP contribution in [0.2, 0.25) is 0 Å². The molecule has 0 unspecified atom stereocenters. The summed E-state index contributed by atoms with van der Waals surface area (Å²) in [6.45, 7) is 8.34. The third-order valence-electron chi connectivity index (χ3n) is 4.72. The van der Waals surface area contributed by atoms with Gasteiger partial charge in [0.15, 0.2) is 6.61 Å². The minimum absolute atomic E-state index is 0.00230. The molecule has 1 fully saturated rings. The number of ether oxygens (including phenoxy) is 1. The van der Waals surface area contributed by atoms with Crippen LogP contribution in [-0.4, -0.2) is 50.6 Å². The molecule has 1 amide bonds. The minimum Gasteiger partial charge on any atom is -0.484 e. The predicted molar refractivity (Wildman–Crippen MR) is 106 cm³/mol. The minimum atomic E-state index is -0.155. The van der Waals surface area contributed by atoms with Crippen molar-refractivity contribution in [2.24, 2.45) is 0 Å². The number of nitrogens with zero attached hydrogens (tertiary/aromatic N) is 2. The SMILES string of the molecule is Cc1ccc(OCC(=O)Nc2ccc(N3CCN(C)CC3)c(C)c2)cc1. The van der Waals surface area contributed by atoms with Gasteiger partial charge in [-0.05, 0) is 56.8 Å². The van der Waals surface area contributed by atoms with Crippen LogP contribution < -0.4 is 15.0 Å². The summed E-state index contributed by atoms with van der Waals surface area (Å²) in [5.41, 5.74) is 4.38. The molecule has 5 heteroatoms. The van der Waals surface area contributed by atoms with Crippen molar-refractivity contribution in [2.75, 3.05) is 50.1 Å². The molecular formula is C21H27N3O2. The summed E-state index contributed by atoms with van der Waals surface area (Å²) >= 11 is 0. The summed E-state index contributed by atoms with van der Waals surface area (Å²) in [4.78, 5) is 16.9. The van der Waals surface area contributed by atoms with Crippen molar-refractivity contribution in [1.29, 1.82) is 0 Å². The van der Waals surface area contributed by atoms with Crippen LogP contribution in [-0.2, 0) is 4.79 Å². The zero-order valence-electron chi connectivity index (χ0n) is 15.8. The van der Waals surface area contributed by atoms with E-state index in [2.05, 4.69) is 35.2 Å². The average molecular weight is 353 g/mol. The Bertz CT molecular complexity index is 750. The number of carbonyl (C=O) groups excluding carboxylic acids is 1. The molecule has 0 spiro atoms. The van der Waals surface area contributed by atoms with E-state index in [9.17, 15) is 4.79 Å². The van der Waals surface area contributed by atoms with Crippen molar-refractivity contribution >= 4 is 17.3 Å². The molecule has 2 aromatic rings. The van der Waals surface area contributed by atoms with Crippen LogP contribution in [0.3, 0.4) is 0 Å². The molecule has 138 valence electrons. The van der Waals surface area contributed by atoms with E-state index in [1.54, 1.807) is 0 Å². The Balaban J connectivity index is 1.55. The Labute approximate surface area is 155 Å². The third kappa shape index (κ3) is 4.76. The fourth-order valence-corrected chi connectivity index (χ4v) is 3.12. The normalized spacial score (nSPS) is 15.0. The highest BCUT2D eigenvalue weighted by Gasteiger charge is 2.16. The van der Waals surface area contributed by atoms with E-state index in [4.69, 9.17) is 4.74 Å². The van der Waals surface area contributed by atoms with Crippen LogP contribution in [0, 0.1) is 13.8 Å². The Kier molecular flexibility index (Phi) is 5.78. The molecule has 1 aliphatic rings. The van der Waals surface area contributed by atoms with Gasteiger partial charge in [-0.3, -0.25) is 4.79 Å². The number of nitrogens with one attached hydrogen (secondary N) is 1. The molecule has 1 aliphatic heterocycles. The maximum Gasteiger partial charge on any atom is 0.262 e. The first-order chi connectivity index (χ1) is 12.5. The monoisotopic (exact) mass is 353 g/mol. The van der Waals surface area contributed by atoms with E-state index >= 15 is 0 Å². The third-order valence-corrected chi connectivity index (χ3v) is 4.72. The van der Waals surface area contributed by atoms with Gasteiger partial charge in [-0.1, -0.05) is 17.7 Å². The number of anilines is 2. The standard InChI is InChI=1S/C21H27N3O2/c1-16-4-7-19(8-5-16)26-15-21(25)22-18-6-9-20(17(2)14-18)24-12-10-23(3)11-13-24/h4-9,14H,10-13,15H2,1-3H3,(H,22,25). The number of likely N-dealkylation sites (N-methyl/N-ethyl adjacent to an activating group) is 1. The van der Waals surface area contributed by atoms with E-state index in [1.807, 2.05) is 43.3 Å². The van der Waals surface area contributed by atoms with Crippen molar-refractivity contribution in [3.05, 3.63) is 53.6 Å². The molecule has 0 aromatic heterocycles. The molecule has 0 radical (unpaired) electrons. The predicted octanol–water partition coefficient (Wildman–Crippen LogP) is 3.07. The molecule has 1 saturated heterocycles. The fraction of sp³-hybridized carbons (Fsp3) is 0.381. The second-order valence-corrected chi connectivity index (χ2v) is 6.94. The first-order valence-electron chi connectivity index (χ1n) is 9.05. The van der Waals surface area contributed by atoms with E-state index in [-0.39, 0.29) is 12.5 Å². The summed E-state index contributed by atoms with van der Waals surface area (Å²) in [5.74, 6) is 0.546. The molecule has 3 rings (SSSR count). The van der Waals surface area contributed by atoms with Crippen LogP contribution in [0.4, 0.5) is 11.4 Å². The van der Waals surface area contributed by atoms with Crippen LogP contribution in [0.5, 0.6) is 5.75 Å². The molecule has 0 aliphatic carbocycles. The Morgan fingerprint density at radius 3 is 2.38 bits per heavy atom. The quantitative estimate of drug-likeness (QED) is 0.897. The lowest BCUT2D eigenvalue weighted by Crippen LogP contribution is -2.44. The fourth-order valence-electron chi connectivity index (χ4n) is 3.12. The number of benzene rings is 2. The number of hydrogen-bond donors (Lipinski definition) is 1. The van der Waals surface area contributed by atoms with Gasteiger partial charge in [0.05, 0.1) is 0 Å². The molecular weight excluding hydrogens is 326 g/mol. The Hall–Kier alpha value is -2.53. The van der Waals surface area contributed by atoms with Crippen LogP contribution in [0.1, 0.15) is 11.1 Å². The Morgan fingerprint density at radius 1 is 1.04 bits per heavy atom. The van der Waals surface area contributed by atoms with Crippen molar-refractivity contribution in [3.63, 3.8) is 0 Å². The maximum atomic E-state index is 12.1. The van der Waals surface area contributed by atoms with Crippen LogP contribution in [0.15, 0.2) is 42.5 Å². The number of aryl methyl sites for hydroxylation is 2. The van der Waals surface area contributed by atoms with Gasteiger partial charge >= 0.3 is 0 Å². The molecule has 1 N–H and O–H groups in total. The van der Waals surface area contributed by atoms with Crippen molar-refractivity contribution < 1.29 is 9.53 Å². The summed E-state index contributed by atoms with van der Waals surface area (Å²) in [6, 6.07) is 13.8. The Morgan fingerprint density at radius 2 is 1.73 bits per heavy atom. The van der Waals surface area contributed by atoms with Crippen LogP contribution >= 0.6 is 0 Å². The average Bonchev–Trinajstić information content (AvgIpc) is 2.62. The zero-order valence-corrected chi connectivity index (χ0v) is 15.8. The molecule has 26 heavy (non-hydrogen) atoms. The van der Waals surface area contributed by atoms with Crippen molar-refractivity contribution in [1.82, 2.24) is 4.90 Å². The van der Waals surface area contributed by atoms with Crippen molar-refractivity contribution in [3.8, 4) is 5.75 Å². The molecule has 5 nitrogen and oxygen atoms in total. The number of amides is 1. The molecule has 1 heterocycles. The van der Waals surface area contributed by atoms with E-state index in [0.717, 1.165) is 37.4 Å². The van der Waals surface area contributed by atoms with Gasteiger partial charge in [0.1, 0.15) is 5.75 Å². The number of hydrogen-bond acceptors (Lipinski definition) is 4. The molecule has 0 bridgehead atoms. The van der Waals surface area contributed by atoms with Gasteiger partial charge in [-0.15, -0.1) is 0 Å². The van der Waals surface area contributed by atoms with Crippen molar-refractivity contribution in [2.45, 2.75) is 13.8 Å². The summed E-state index contributed by atoms with van der Waals surface area (Å²) in [5, 5.41) is 2.91. The zero-order chi connectivity index (χ0) is 18.5. The number of piperazine rings is 1. The number of carbonyl (C=O) groups is 1. The topological polar surface area (TPSA) is 44.8 Å². The highest BCUT2D eigenvalue weighted by atomic mass is 16.5. The van der Waals surface area contributed by atoms with E-state index in [0.29, 0.717) is 5.75 Å². The highest BCUT2D eigenvalue weighted by Crippen LogP contribution is 2.24. The first-order valence-corrected chi connectivity index (χ1v) is 9.05. The number of rotatable bonds is 5. The summed E-state index contributed by atoms with van der Waals surface area (Å²) in [6.07, 6.45) is 0. The van der Waals surface area contributed by atoms with Gasteiger partial charge in [0.25, 0.3) is 5.91 Å². The van der Waals surface area contributed by atoms with Gasteiger partial charge in [0, 0.05) is 37.6 Å². The first kappa shape index (κ1) is 18.3. The van der Waals surface area contributed by atoms with Gasteiger partial charge in [-0.25, -0.2) is 0 Å². The largest absolute Gasteiger partial charge is 0.484 e. The second-order valence-electron chi connectivity index (χ2n) is 6.94. The molecule has 2 aromatic carbocycles. The summed E-state index contributed by atoms with van der Waals surface area (Å²) < 4.78 is 5.53. The maximum absolute atomic E-state index is 12.1. The van der Waals surface area contributed by atoms with Crippen LogP contribution in [0.25, 0.3) is 0 Å². The van der Waals surface area contributed by atoms with Gasteiger partial charge in [-0.2, -0.15) is 0 Å². The lowest BCUT2D eigenvalue weighted by Gasteiger charge is -2.35. The van der Waals surface area contributed by atoms with Gasteiger partial charge in [0.2, 0.25) is 0 Å². The summed E-state index contributed by atoms with van der Waals surface area (Å²) in [7, 11) is 2.15. The lowest BCUT2D eigenvalue weighted by atomic mass is 10.1. The van der Waals surface area contributed by atoms with E-state index in [1.165, 1.54) is 11.3 Å². The van der Waals surface area contributed by atoms with E-state index < -0.39 is 0 Å².